The molecule has 2 atom stereocenters. The predicted octanol–water partition coefficient (Wildman–Crippen LogP) is 8.60. The molecule has 0 radical (unpaired) electrons. The van der Waals surface area contributed by atoms with Crippen molar-refractivity contribution in [2.45, 2.75) is 174 Å². The van der Waals surface area contributed by atoms with E-state index in [0.29, 0.717) is 17.4 Å². The Kier molecular flexibility index (Phi) is 29.5. The number of carboxylic acids is 1. The van der Waals surface area contributed by atoms with Crippen LogP contribution in [0.15, 0.2) is 0 Å². The lowest BCUT2D eigenvalue weighted by Crippen LogP contribution is -2.40. The van der Waals surface area contributed by atoms with Crippen molar-refractivity contribution in [2.75, 3.05) is 47.5 Å². The van der Waals surface area contributed by atoms with Crippen molar-refractivity contribution in [1.82, 2.24) is 0 Å². The van der Waals surface area contributed by atoms with Gasteiger partial charge in [-0.2, -0.15) is 0 Å². The third-order valence-electron chi connectivity index (χ3n) is 8.11. The summed E-state index contributed by atoms with van der Waals surface area (Å²) in [5.41, 5.74) is 0. The second-order valence-electron chi connectivity index (χ2n) is 13.9. The maximum Gasteiger partial charge on any atom is 0.361 e. The minimum absolute atomic E-state index is 0.175. The first-order chi connectivity index (χ1) is 22.1. The maximum atomic E-state index is 12.6. The number of likely N-dealkylation sites (N-methyl/N-ethyl adjacent to an activating group) is 1. The summed E-state index contributed by atoms with van der Waals surface area (Å²) in [5.74, 6) is -2.00. The van der Waals surface area contributed by atoms with Gasteiger partial charge in [0.25, 0.3) is 6.29 Å². The van der Waals surface area contributed by atoms with E-state index < -0.39 is 24.3 Å². The molecule has 46 heavy (non-hydrogen) atoms. The molecule has 0 aromatic heterocycles. The molecule has 9 nitrogen and oxygen atoms in total. The van der Waals surface area contributed by atoms with Crippen LogP contribution in [0.4, 0.5) is 0 Å². The Morgan fingerprint density at radius 3 is 1.39 bits per heavy atom. The van der Waals surface area contributed by atoms with Crippen molar-refractivity contribution in [2.24, 2.45) is 0 Å². The van der Waals surface area contributed by atoms with Gasteiger partial charge in [-0.1, -0.05) is 136 Å². The first-order valence-electron chi connectivity index (χ1n) is 18.7. The highest BCUT2D eigenvalue weighted by Crippen LogP contribution is 2.14. The Morgan fingerprint density at radius 1 is 0.565 bits per heavy atom. The highest BCUT2D eigenvalue weighted by Gasteiger charge is 2.25. The van der Waals surface area contributed by atoms with Crippen LogP contribution < -0.4 is 0 Å². The van der Waals surface area contributed by atoms with Gasteiger partial charge in [-0.3, -0.25) is 9.59 Å². The molecule has 0 rings (SSSR count). The van der Waals surface area contributed by atoms with Gasteiger partial charge in [0, 0.05) is 12.8 Å². The van der Waals surface area contributed by atoms with Gasteiger partial charge in [0.2, 0.25) is 0 Å². The Bertz CT molecular complexity index is 739. The topological polar surface area (TPSA) is 108 Å². The monoisotopic (exact) mass is 659 g/mol. The fourth-order valence-corrected chi connectivity index (χ4v) is 5.13. The van der Waals surface area contributed by atoms with E-state index in [0.717, 1.165) is 38.5 Å². The molecule has 0 saturated carbocycles. The molecule has 0 aliphatic carbocycles. The van der Waals surface area contributed by atoms with Gasteiger partial charge in [0.1, 0.15) is 13.2 Å². The van der Waals surface area contributed by atoms with Gasteiger partial charge in [0.05, 0.1) is 34.4 Å². The SMILES string of the molecule is CCCCCCCCCCCCCCC(=O)OC(COC(=O)CCCCCCCCCCC)COC(OCC[N+](C)(C)C)C(=O)O. The zero-order chi connectivity index (χ0) is 34.3. The molecule has 0 aliphatic heterocycles. The molecule has 0 aromatic carbocycles. The molecule has 0 amide bonds. The number of rotatable bonds is 34. The van der Waals surface area contributed by atoms with Crippen LogP contribution in [0.3, 0.4) is 0 Å². The normalized spacial score (nSPS) is 13.0. The average Bonchev–Trinajstić information content (AvgIpc) is 3.00. The van der Waals surface area contributed by atoms with E-state index in [1.165, 1.54) is 96.3 Å². The third kappa shape index (κ3) is 30.9. The van der Waals surface area contributed by atoms with Gasteiger partial charge in [0.15, 0.2) is 6.10 Å². The fourth-order valence-electron chi connectivity index (χ4n) is 5.13. The Hall–Kier alpha value is -1.71. The van der Waals surface area contributed by atoms with Crippen LogP contribution in [0.25, 0.3) is 0 Å². The Morgan fingerprint density at radius 2 is 0.978 bits per heavy atom. The largest absolute Gasteiger partial charge is 0.477 e. The third-order valence-corrected chi connectivity index (χ3v) is 8.11. The number of carbonyl (C=O) groups is 3. The molecule has 0 fully saturated rings. The van der Waals surface area contributed by atoms with Crippen molar-refractivity contribution in [3.8, 4) is 0 Å². The zero-order valence-electron chi connectivity index (χ0n) is 30.5. The van der Waals surface area contributed by atoms with Crippen LogP contribution in [-0.2, 0) is 33.3 Å². The summed E-state index contributed by atoms with van der Waals surface area (Å²) in [4.78, 5) is 36.7. The van der Waals surface area contributed by atoms with Crippen LogP contribution in [0.5, 0.6) is 0 Å². The van der Waals surface area contributed by atoms with Gasteiger partial charge < -0.3 is 28.5 Å². The van der Waals surface area contributed by atoms with E-state index in [-0.39, 0.29) is 32.2 Å². The smallest absolute Gasteiger partial charge is 0.361 e. The highest BCUT2D eigenvalue weighted by atomic mass is 16.7. The van der Waals surface area contributed by atoms with E-state index >= 15 is 0 Å². The molecule has 0 bridgehead atoms. The molecular weight excluding hydrogens is 586 g/mol. The number of hydrogen-bond acceptors (Lipinski definition) is 7. The summed E-state index contributed by atoms with van der Waals surface area (Å²) in [6, 6.07) is 0. The maximum absolute atomic E-state index is 12.6. The first-order valence-corrected chi connectivity index (χ1v) is 18.7. The number of nitrogens with zero attached hydrogens (tertiary/aromatic N) is 1. The van der Waals surface area contributed by atoms with Gasteiger partial charge in [-0.15, -0.1) is 0 Å². The van der Waals surface area contributed by atoms with Gasteiger partial charge >= 0.3 is 17.9 Å². The van der Waals surface area contributed by atoms with E-state index in [1.807, 2.05) is 21.1 Å². The molecule has 0 spiro atoms. The second-order valence-corrected chi connectivity index (χ2v) is 13.9. The standard InChI is InChI=1S/C37H71NO8/c1-6-8-10-12-14-16-17-18-20-22-24-26-28-35(40)46-33(32-45-37(36(41)42)43-30-29-38(3,4)5)31-44-34(39)27-25-23-21-19-15-13-11-9-7-2/h33,37H,6-32H2,1-5H3/p+1. The molecule has 0 saturated heterocycles. The summed E-state index contributed by atoms with van der Waals surface area (Å²) >= 11 is 0. The van der Waals surface area contributed by atoms with Gasteiger partial charge in [-0.05, 0) is 12.8 Å². The Balaban J connectivity index is 4.54. The number of unbranched alkanes of at least 4 members (excludes halogenated alkanes) is 19. The van der Waals surface area contributed by atoms with E-state index in [4.69, 9.17) is 18.9 Å². The average molecular weight is 659 g/mol. The van der Waals surface area contributed by atoms with Crippen LogP contribution in [0.1, 0.15) is 162 Å². The first kappa shape index (κ1) is 44.3. The number of aliphatic carboxylic acids is 1. The predicted molar refractivity (Wildman–Crippen MR) is 185 cm³/mol. The molecule has 2 unspecified atom stereocenters. The van der Waals surface area contributed by atoms with Crippen molar-refractivity contribution in [3.05, 3.63) is 0 Å². The number of carboxylic acid groups (broad SMARTS) is 1. The number of esters is 2. The van der Waals surface area contributed by atoms with Crippen molar-refractivity contribution in [1.29, 1.82) is 0 Å². The van der Waals surface area contributed by atoms with E-state index in [1.54, 1.807) is 0 Å². The summed E-state index contributed by atoms with van der Waals surface area (Å²) < 4.78 is 22.6. The number of quaternary nitrogens is 1. The lowest BCUT2D eigenvalue weighted by Gasteiger charge is -2.25. The minimum Gasteiger partial charge on any atom is -0.477 e. The summed E-state index contributed by atoms with van der Waals surface area (Å²) in [5, 5.41) is 9.56. The van der Waals surface area contributed by atoms with Crippen molar-refractivity contribution in [3.63, 3.8) is 0 Å². The minimum atomic E-state index is -1.50. The molecule has 1 N–H and O–H groups in total. The van der Waals surface area contributed by atoms with E-state index in [9.17, 15) is 19.5 Å². The molecule has 272 valence electrons. The van der Waals surface area contributed by atoms with Crippen LogP contribution in [0.2, 0.25) is 0 Å². The van der Waals surface area contributed by atoms with Crippen molar-refractivity contribution >= 4 is 17.9 Å². The molecule has 9 heteroatoms. The van der Waals surface area contributed by atoms with Crippen LogP contribution in [0, 0.1) is 0 Å². The Labute approximate surface area is 282 Å². The lowest BCUT2D eigenvalue weighted by molar-refractivity contribution is -0.870. The molecule has 0 aliphatic rings. The lowest BCUT2D eigenvalue weighted by atomic mass is 10.0. The van der Waals surface area contributed by atoms with Crippen LogP contribution in [-0.4, -0.2) is 87.4 Å². The number of hydrogen-bond donors (Lipinski definition) is 1. The molecular formula is C37H72NO8+. The molecule has 0 heterocycles. The van der Waals surface area contributed by atoms with Gasteiger partial charge in [-0.25, -0.2) is 4.79 Å². The molecule has 0 aromatic rings. The number of carbonyl (C=O) groups excluding carboxylic acids is 2. The summed E-state index contributed by atoms with van der Waals surface area (Å²) in [7, 11) is 5.94. The summed E-state index contributed by atoms with van der Waals surface area (Å²) in [6.07, 6.45) is 23.0. The quantitative estimate of drug-likeness (QED) is 0.0317. The van der Waals surface area contributed by atoms with E-state index in [2.05, 4.69) is 13.8 Å². The summed E-state index contributed by atoms with van der Waals surface area (Å²) in [6.45, 7) is 4.84. The van der Waals surface area contributed by atoms with Crippen LogP contribution >= 0.6 is 0 Å². The fraction of sp³-hybridized carbons (Fsp3) is 0.919. The van der Waals surface area contributed by atoms with Crippen molar-refractivity contribution < 1.29 is 42.9 Å². The second kappa shape index (κ2) is 30.6. The highest BCUT2D eigenvalue weighted by molar-refractivity contribution is 5.71. The number of ether oxygens (including phenoxy) is 4. The zero-order valence-corrected chi connectivity index (χ0v) is 30.5.